The summed E-state index contributed by atoms with van der Waals surface area (Å²) < 4.78 is 9.99. The molecule has 0 spiro atoms. The molecular formula is C32H41N7O12. The molecule has 19 nitrogen and oxygen atoms in total. The predicted octanol–water partition coefficient (Wildman–Crippen LogP) is 1.46. The molecule has 276 valence electrons. The lowest BCUT2D eigenvalue weighted by Crippen LogP contribution is -2.55. The van der Waals surface area contributed by atoms with Gasteiger partial charge in [-0.3, -0.25) is 44.1 Å². The summed E-state index contributed by atoms with van der Waals surface area (Å²) >= 11 is 0. The zero-order chi connectivity index (χ0) is 37.9. The van der Waals surface area contributed by atoms with E-state index in [1.54, 1.807) is 5.48 Å². The van der Waals surface area contributed by atoms with Gasteiger partial charge in [0.25, 0.3) is 5.69 Å². The van der Waals surface area contributed by atoms with E-state index in [0.29, 0.717) is 31.2 Å². The van der Waals surface area contributed by atoms with E-state index in [0.717, 1.165) is 0 Å². The van der Waals surface area contributed by atoms with Gasteiger partial charge in [0.15, 0.2) is 0 Å². The van der Waals surface area contributed by atoms with Crippen LogP contribution >= 0.6 is 0 Å². The Labute approximate surface area is 292 Å². The molecule has 0 saturated carbocycles. The van der Waals surface area contributed by atoms with E-state index in [1.165, 1.54) is 62.4 Å². The van der Waals surface area contributed by atoms with Crippen LogP contribution in [0.4, 0.5) is 16.2 Å². The van der Waals surface area contributed by atoms with Crippen LogP contribution in [0.5, 0.6) is 5.75 Å². The number of benzene rings is 2. The van der Waals surface area contributed by atoms with Crippen LogP contribution in [-0.2, 0) is 40.1 Å². The van der Waals surface area contributed by atoms with Gasteiger partial charge in [-0.15, -0.1) is 0 Å². The molecule has 6 amide bonds. The van der Waals surface area contributed by atoms with Gasteiger partial charge in [0, 0.05) is 30.7 Å². The summed E-state index contributed by atoms with van der Waals surface area (Å²) in [5, 5.41) is 29.1. The smallest absolute Gasteiger partial charge is 0.429 e. The molecule has 2 aromatic rings. The lowest BCUT2D eigenvalue weighted by atomic mass is 10.1. The highest BCUT2D eigenvalue weighted by Crippen LogP contribution is 2.18. The molecule has 3 atom stereocenters. The van der Waals surface area contributed by atoms with Crippen molar-refractivity contribution in [1.82, 2.24) is 21.4 Å². The predicted molar refractivity (Wildman–Crippen MR) is 178 cm³/mol. The summed E-state index contributed by atoms with van der Waals surface area (Å²) in [5.41, 5.74) is 7.42. The number of hydrogen-bond acceptors (Lipinski definition) is 12. The Morgan fingerprint density at radius 3 is 1.92 bits per heavy atom. The van der Waals surface area contributed by atoms with Crippen LogP contribution in [0, 0.1) is 10.1 Å². The summed E-state index contributed by atoms with van der Waals surface area (Å²) in [6, 6.07) is 7.25. The van der Waals surface area contributed by atoms with Crippen LogP contribution in [0.2, 0.25) is 0 Å². The third kappa shape index (κ3) is 15.8. The van der Waals surface area contributed by atoms with Gasteiger partial charge < -0.3 is 36.5 Å². The van der Waals surface area contributed by atoms with Gasteiger partial charge in [-0.1, -0.05) is 25.0 Å². The van der Waals surface area contributed by atoms with Crippen LogP contribution in [0.3, 0.4) is 0 Å². The summed E-state index contributed by atoms with van der Waals surface area (Å²) in [4.78, 5) is 95.3. The molecular weight excluding hydrogens is 674 g/mol. The fourth-order valence-corrected chi connectivity index (χ4v) is 4.29. The minimum atomic E-state index is -1.40. The van der Waals surface area contributed by atoms with Crippen molar-refractivity contribution in [1.29, 1.82) is 0 Å². The Kier molecular flexibility index (Phi) is 17.0. The number of unbranched alkanes of at least 4 members (excludes halogenated alkanes) is 3. The maximum atomic E-state index is 13.0. The van der Waals surface area contributed by atoms with E-state index in [1.807, 2.05) is 0 Å². The molecule has 8 N–H and O–H groups in total. The summed E-state index contributed by atoms with van der Waals surface area (Å²) in [7, 11) is 0. The van der Waals surface area contributed by atoms with Crippen molar-refractivity contribution in [2.45, 2.75) is 83.5 Å². The highest BCUT2D eigenvalue weighted by atomic mass is 16.7. The first kappa shape index (κ1) is 41.1. The van der Waals surface area contributed by atoms with Gasteiger partial charge in [0.1, 0.15) is 30.5 Å². The number of non-ortho nitro benzene ring substituents is 1. The second-order valence-electron chi connectivity index (χ2n) is 11.3. The molecule has 0 fully saturated rings. The molecule has 2 rings (SSSR count). The van der Waals surface area contributed by atoms with Crippen LogP contribution in [0.25, 0.3) is 0 Å². The first-order valence-electron chi connectivity index (χ1n) is 15.8. The lowest BCUT2D eigenvalue weighted by molar-refractivity contribution is -0.384. The van der Waals surface area contributed by atoms with Crippen LogP contribution in [-0.4, -0.2) is 69.9 Å². The monoisotopic (exact) mass is 715 g/mol. The molecule has 0 aromatic heterocycles. The Hall–Kier alpha value is -6.11. The Morgan fingerprint density at radius 2 is 1.35 bits per heavy atom. The molecule has 0 bridgehead atoms. The van der Waals surface area contributed by atoms with Crippen molar-refractivity contribution in [2.75, 3.05) is 5.32 Å². The van der Waals surface area contributed by atoms with Crippen LogP contribution in [0.15, 0.2) is 48.5 Å². The van der Waals surface area contributed by atoms with E-state index in [2.05, 4.69) is 21.3 Å². The number of nitrogens with zero attached hydrogens (tertiary/aromatic N) is 1. The number of nitro benzene ring substituents is 1. The average molecular weight is 716 g/mol. The third-order valence-electron chi connectivity index (χ3n) is 7.07. The molecule has 0 unspecified atom stereocenters. The largest absolute Gasteiger partial charge is 0.514 e. The van der Waals surface area contributed by atoms with Crippen molar-refractivity contribution < 1.29 is 53.2 Å². The van der Waals surface area contributed by atoms with E-state index < -0.39 is 65.2 Å². The molecule has 0 radical (unpaired) electrons. The average Bonchev–Trinajstić information content (AvgIpc) is 3.08. The minimum Gasteiger partial charge on any atom is -0.429 e. The molecule has 0 saturated heterocycles. The van der Waals surface area contributed by atoms with Gasteiger partial charge in [0.05, 0.1) is 11.3 Å². The van der Waals surface area contributed by atoms with Crippen molar-refractivity contribution in [2.24, 2.45) is 5.73 Å². The number of ether oxygens (including phenoxy) is 2. The zero-order valence-electron chi connectivity index (χ0n) is 28.0. The Balaban J connectivity index is 1.81. The van der Waals surface area contributed by atoms with Gasteiger partial charge in [-0.25, -0.2) is 10.3 Å². The normalized spacial score (nSPS) is 12.2. The number of nitro groups is 1. The molecule has 0 heterocycles. The Morgan fingerprint density at radius 1 is 0.784 bits per heavy atom. The van der Waals surface area contributed by atoms with Gasteiger partial charge in [-0.05, 0) is 56.5 Å². The number of nitrogens with one attached hydrogen (secondary N) is 5. The molecule has 19 heteroatoms. The first-order valence-corrected chi connectivity index (χ1v) is 15.8. The molecule has 0 aliphatic heterocycles. The lowest BCUT2D eigenvalue weighted by Gasteiger charge is -2.22. The van der Waals surface area contributed by atoms with Gasteiger partial charge >= 0.3 is 6.16 Å². The summed E-state index contributed by atoms with van der Waals surface area (Å²) in [5.74, 6) is -3.96. The topological polar surface area (TPSA) is 287 Å². The standard InChI is InChI=1S/C32H41N7O12/c1-19(34-27(41)7-5-3-4-6-8-28(42)38-47)29(43)35-20(2)30(44)37-25(17-26(33)40)31(45)36-22-11-9-21(10-12-22)18-50-32(46)51-24-15-13-23(14-16-24)39(48)49/h9-16,19-20,25,47H,3-8,17-18H2,1-2H3,(H2,33,40)(H,34,41)(H,35,43)(H,36,45)(H,37,44)(H,38,42)/t19-,20-,25-/m0/s1. The van der Waals surface area contributed by atoms with Crippen molar-refractivity contribution in [3.8, 4) is 5.75 Å². The van der Waals surface area contributed by atoms with E-state index in [-0.39, 0.29) is 42.5 Å². The number of amides is 6. The molecule has 51 heavy (non-hydrogen) atoms. The number of nitrogens with two attached hydrogens (primary N) is 1. The fraction of sp³-hybridized carbons (Fsp3) is 0.406. The second kappa shape index (κ2) is 21.1. The summed E-state index contributed by atoms with van der Waals surface area (Å²) in [6.07, 6.45) is 1.12. The highest BCUT2D eigenvalue weighted by Gasteiger charge is 2.27. The fourth-order valence-electron chi connectivity index (χ4n) is 4.29. The quantitative estimate of drug-likeness (QED) is 0.0256. The van der Waals surface area contributed by atoms with Gasteiger partial charge in [-0.2, -0.15) is 0 Å². The Bertz CT molecular complexity index is 1550. The minimum absolute atomic E-state index is 0.0429. The SMILES string of the molecule is C[C@H](NC(=O)CCCCCCC(=O)NO)C(=O)N[C@@H](C)C(=O)N[C@@H](CC(N)=O)C(=O)Nc1ccc(COC(=O)Oc2ccc([N+](=O)[O-])cc2)cc1. The van der Waals surface area contributed by atoms with E-state index in [9.17, 15) is 43.7 Å². The van der Waals surface area contributed by atoms with Gasteiger partial charge in [0.2, 0.25) is 35.4 Å². The maximum absolute atomic E-state index is 13.0. The third-order valence-corrected chi connectivity index (χ3v) is 7.07. The number of hydroxylamine groups is 1. The number of hydrogen-bond donors (Lipinski definition) is 7. The summed E-state index contributed by atoms with van der Waals surface area (Å²) in [6.45, 7) is 2.57. The van der Waals surface area contributed by atoms with Crippen molar-refractivity contribution in [3.63, 3.8) is 0 Å². The zero-order valence-corrected chi connectivity index (χ0v) is 28.0. The highest BCUT2D eigenvalue weighted by molar-refractivity contribution is 6.00. The number of rotatable bonds is 20. The van der Waals surface area contributed by atoms with Crippen molar-refractivity contribution in [3.05, 3.63) is 64.2 Å². The molecule has 0 aliphatic carbocycles. The first-order chi connectivity index (χ1) is 24.2. The second-order valence-corrected chi connectivity index (χ2v) is 11.3. The number of anilines is 1. The van der Waals surface area contributed by atoms with E-state index >= 15 is 0 Å². The number of carbonyl (C=O) groups is 7. The maximum Gasteiger partial charge on any atom is 0.514 e. The number of carbonyl (C=O) groups excluding carboxylic acids is 7. The van der Waals surface area contributed by atoms with Crippen LogP contribution in [0.1, 0.15) is 64.4 Å². The number of primary amides is 1. The van der Waals surface area contributed by atoms with Crippen LogP contribution < -0.4 is 37.2 Å². The molecule has 0 aliphatic rings. The molecule has 2 aromatic carbocycles. The van der Waals surface area contributed by atoms with E-state index in [4.69, 9.17) is 20.4 Å². The van der Waals surface area contributed by atoms with Crippen molar-refractivity contribution >= 4 is 53.0 Å².